The van der Waals surface area contributed by atoms with Crippen molar-refractivity contribution in [1.82, 2.24) is 24.5 Å². The number of benzene rings is 2. The van der Waals surface area contributed by atoms with E-state index in [0.717, 1.165) is 9.10 Å². The molecule has 2 aromatic carbocycles. The zero-order chi connectivity index (χ0) is 22.1. The van der Waals surface area contributed by atoms with Crippen molar-refractivity contribution in [3.05, 3.63) is 53.3 Å². The monoisotopic (exact) mass is 432 g/mol. The van der Waals surface area contributed by atoms with Gasteiger partial charge in [-0.05, 0) is 60.5 Å². The van der Waals surface area contributed by atoms with Crippen LogP contribution in [0, 0.1) is 19.7 Å². The summed E-state index contributed by atoms with van der Waals surface area (Å²) in [5.74, 6) is -0.522. The van der Waals surface area contributed by atoms with Crippen LogP contribution in [0.3, 0.4) is 0 Å². The minimum absolute atomic E-state index is 0.109. The summed E-state index contributed by atoms with van der Waals surface area (Å²) >= 11 is 0. The molecule has 0 saturated carbocycles. The number of hydrogen-bond acceptors (Lipinski definition) is 6. The number of hydrogen-bond donors (Lipinski definition) is 1. The zero-order valence-electron chi connectivity index (χ0n) is 16.9. The third-order valence-corrected chi connectivity index (χ3v) is 6.34. The Kier molecular flexibility index (Phi) is 5.94. The molecule has 9 nitrogen and oxygen atoms in total. The summed E-state index contributed by atoms with van der Waals surface area (Å²) in [6.07, 6.45) is 0. The Balaban J connectivity index is 1.74. The Morgan fingerprint density at radius 1 is 1.13 bits per heavy atom. The van der Waals surface area contributed by atoms with Crippen molar-refractivity contribution in [3.8, 4) is 11.4 Å². The molecule has 1 aromatic heterocycles. The highest BCUT2D eigenvalue weighted by molar-refractivity contribution is 7.89. The lowest BCUT2D eigenvalue weighted by molar-refractivity contribution is -0.117. The highest BCUT2D eigenvalue weighted by Gasteiger charge is 2.20. The minimum Gasteiger partial charge on any atom is -0.324 e. The van der Waals surface area contributed by atoms with E-state index in [9.17, 15) is 17.6 Å². The van der Waals surface area contributed by atoms with Gasteiger partial charge in [0, 0.05) is 25.3 Å². The SMILES string of the molecule is Cc1cc(-c2nnn(CC(=O)Nc3ccc(C)c(S(=O)(=O)N(C)C)c3)n2)ccc1F. The lowest BCUT2D eigenvalue weighted by atomic mass is 10.1. The van der Waals surface area contributed by atoms with Crippen molar-refractivity contribution in [3.63, 3.8) is 0 Å². The average molecular weight is 432 g/mol. The summed E-state index contributed by atoms with van der Waals surface area (Å²) in [7, 11) is -0.761. The van der Waals surface area contributed by atoms with Gasteiger partial charge >= 0.3 is 0 Å². The predicted octanol–water partition coefficient (Wildman–Crippen LogP) is 1.99. The van der Waals surface area contributed by atoms with Gasteiger partial charge in [0.2, 0.25) is 21.8 Å². The third-order valence-electron chi connectivity index (χ3n) is 4.38. The molecule has 11 heteroatoms. The number of carbonyl (C=O) groups is 1. The van der Waals surface area contributed by atoms with Gasteiger partial charge < -0.3 is 5.32 Å². The molecule has 0 atom stereocenters. The number of aromatic nitrogens is 4. The molecular weight excluding hydrogens is 411 g/mol. The van der Waals surface area contributed by atoms with E-state index >= 15 is 0 Å². The number of sulfonamides is 1. The van der Waals surface area contributed by atoms with Crippen molar-refractivity contribution in [2.45, 2.75) is 25.3 Å². The number of carbonyl (C=O) groups excluding carboxylic acids is 1. The topological polar surface area (TPSA) is 110 Å². The Morgan fingerprint density at radius 3 is 2.53 bits per heavy atom. The fourth-order valence-electron chi connectivity index (χ4n) is 2.69. The van der Waals surface area contributed by atoms with Crippen molar-refractivity contribution >= 4 is 21.6 Å². The number of nitrogens with zero attached hydrogens (tertiary/aromatic N) is 5. The van der Waals surface area contributed by atoms with Gasteiger partial charge in [-0.2, -0.15) is 4.80 Å². The smallest absolute Gasteiger partial charge is 0.248 e. The van der Waals surface area contributed by atoms with Gasteiger partial charge in [0.25, 0.3) is 0 Å². The van der Waals surface area contributed by atoms with E-state index in [4.69, 9.17) is 0 Å². The standard InChI is InChI=1S/C19H21FN6O3S/c1-12-5-7-15(10-17(12)30(28,29)25(3)4)21-18(27)11-26-23-19(22-24-26)14-6-8-16(20)13(2)9-14/h5-10H,11H2,1-4H3,(H,21,27). The van der Waals surface area contributed by atoms with Gasteiger partial charge in [-0.3, -0.25) is 4.79 Å². The second-order valence-electron chi connectivity index (χ2n) is 6.92. The molecule has 0 bridgehead atoms. The largest absolute Gasteiger partial charge is 0.324 e. The summed E-state index contributed by atoms with van der Waals surface area (Å²) in [5, 5.41) is 14.5. The van der Waals surface area contributed by atoms with Gasteiger partial charge in [-0.15, -0.1) is 10.2 Å². The molecule has 0 fully saturated rings. The van der Waals surface area contributed by atoms with E-state index in [0.29, 0.717) is 22.4 Å². The highest BCUT2D eigenvalue weighted by Crippen LogP contribution is 2.22. The lowest BCUT2D eigenvalue weighted by Gasteiger charge is -2.15. The van der Waals surface area contributed by atoms with Gasteiger partial charge in [-0.1, -0.05) is 6.07 Å². The van der Waals surface area contributed by atoms with Crippen molar-refractivity contribution in [2.75, 3.05) is 19.4 Å². The number of tetrazole rings is 1. The normalized spacial score (nSPS) is 11.7. The quantitative estimate of drug-likeness (QED) is 0.638. The Bertz CT molecular complexity index is 1210. The summed E-state index contributed by atoms with van der Waals surface area (Å²) in [4.78, 5) is 13.6. The Hall–Kier alpha value is -3.18. The van der Waals surface area contributed by atoms with E-state index in [2.05, 4.69) is 20.7 Å². The van der Waals surface area contributed by atoms with E-state index in [-0.39, 0.29) is 23.1 Å². The van der Waals surface area contributed by atoms with E-state index in [1.165, 1.54) is 32.3 Å². The molecule has 1 N–H and O–H groups in total. The number of halogens is 1. The van der Waals surface area contributed by atoms with Crippen LogP contribution in [-0.2, 0) is 21.4 Å². The van der Waals surface area contributed by atoms with Crippen molar-refractivity contribution < 1.29 is 17.6 Å². The van der Waals surface area contributed by atoms with Crippen LogP contribution in [0.4, 0.5) is 10.1 Å². The molecule has 1 heterocycles. The molecule has 158 valence electrons. The van der Waals surface area contributed by atoms with Crippen LogP contribution in [0.5, 0.6) is 0 Å². The van der Waals surface area contributed by atoms with E-state index in [1.54, 1.807) is 32.0 Å². The van der Waals surface area contributed by atoms with Gasteiger partial charge in [0.05, 0.1) is 4.90 Å². The Morgan fingerprint density at radius 2 is 1.87 bits per heavy atom. The van der Waals surface area contributed by atoms with Crippen LogP contribution < -0.4 is 5.32 Å². The fourth-order valence-corrected chi connectivity index (χ4v) is 3.84. The fraction of sp³-hybridized carbons (Fsp3) is 0.263. The van der Waals surface area contributed by atoms with Crippen LogP contribution in [0.1, 0.15) is 11.1 Å². The summed E-state index contributed by atoms with van der Waals surface area (Å²) < 4.78 is 39.4. The maximum absolute atomic E-state index is 13.4. The van der Waals surface area contributed by atoms with Crippen molar-refractivity contribution in [1.29, 1.82) is 0 Å². The van der Waals surface area contributed by atoms with E-state index in [1.807, 2.05) is 0 Å². The first-order chi connectivity index (χ1) is 14.1. The van der Waals surface area contributed by atoms with Crippen LogP contribution >= 0.6 is 0 Å². The molecular formula is C19H21FN6O3S. The maximum Gasteiger partial charge on any atom is 0.248 e. The summed E-state index contributed by atoms with van der Waals surface area (Å²) in [5.41, 5.74) is 1.93. The minimum atomic E-state index is -3.64. The molecule has 0 aliphatic heterocycles. The number of aryl methyl sites for hydroxylation is 2. The van der Waals surface area contributed by atoms with E-state index < -0.39 is 15.9 Å². The molecule has 3 rings (SSSR count). The molecule has 0 saturated heterocycles. The van der Waals surface area contributed by atoms with Crippen LogP contribution in [0.25, 0.3) is 11.4 Å². The second-order valence-corrected chi connectivity index (χ2v) is 9.04. The van der Waals surface area contributed by atoms with Gasteiger partial charge in [-0.25, -0.2) is 17.1 Å². The number of anilines is 1. The number of amides is 1. The number of rotatable bonds is 6. The second kappa shape index (κ2) is 8.28. The Labute approximate surface area is 173 Å². The highest BCUT2D eigenvalue weighted by atomic mass is 32.2. The van der Waals surface area contributed by atoms with Crippen LogP contribution in [-0.4, -0.2) is 52.9 Å². The molecule has 0 aliphatic rings. The van der Waals surface area contributed by atoms with Crippen LogP contribution in [0.2, 0.25) is 0 Å². The summed E-state index contributed by atoms with van der Waals surface area (Å²) in [6, 6.07) is 9.08. The molecule has 0 aliphatic carbocycles. The first-order valence-electron chi connectivity index (χ1n) is 8.95. The van der Waals surface area contributed by atoms with Crippen molar-refractivity contribution in [2.24, 2.45) is 0 Å². The zero-order valence-corrected chi connectivity index (χ0v) is 17.7. The van der Waals surface area contributed by atoms with Crippen LogP contribution in [0.15, 0.2) is 41.3 Å². The predicted molar refractivity (Wildman–Crippen MR) is 109 cm³/mol. The maximum atomic E-state index is 13.4. The molecule has 30 heavy (non-hydrogen) atoms. The average Bonchev–Trinajstić information content (AvgIpc) is 3.13. The molecule has 0 unspecified atom stereocenters. The summed E-state index contributed by atoms with van der Waals surface area (Å²) in [6.45, 7) is 3.08. The molecule has 3 aromatic rings. The molecule has 0 radical (unpaired) electrons. The third kappa shape index (κ3) is 4.52. The molecule has 0 spiro atoms. The van der Waals surface area contributed by atoms with Gasteiger partial charge in [0.15, 0.2) is 0 Å². The van der Waals surface area contributed by atoms with Gasteiger partial charge in [0.1, 0.15) is 12.4 Å². The number of nitrogens with one attached hydrogen (secondary N) is 1. The first-order valence-corrected chi connectivity index (χ1v) is 10.4. The first kappa shape index (κ1) is 21.5. The lowest BCUT2D eigenvalue weighted by Crippen LogP contribution is -2.24. The molecule has 1 amide bonds.